The summed E-state index contributed by atoms with van der Waals surface area (Å²) in [5.41, 5.74) is 2.87. The Morgan fingerprint density at radius 1 is 0.489 bits per heavy atom. The molecular weight excluding hydrogens is 593 g/mol. The van der Waals surface area contributed by atoms with Crippen LogP contribution in [0.5, 0.6) is 0 Å². The number of rotatable bonds is 5. The van der Waals surface area contributed by atoms with Gasteiger partial charge in [-0.15, -0.1) is 0 Å². The van der Waals surface area contributed by atoms with Gasteiger partial charge in [0.2, 0.25) is 0 Å². The second-order valence-electron chi connectivity index (χ2n) is 12.5. The normalized spacial score (nSPS) is 12.5. The summed E-state index contributed by atoms with van der Waals surface area (Å²) in [4.78, 5) is 12.3. The third kappa shape index (κ3) is 4.30. The number of benzene rings is 9. The van der Waals surface area contributed by atoms with Gasteiger partial charge in [0.05, 0.1) is 12.8 Å². The van der Waals surface area contributed by atoms with Crippen molar-refractivity contribution >= 4 is 70.6 Å². The van der Waals surface area contributed by atoms with Crippen LogP contribution in [0.15, 0.2) is 121 Å². The molecule has 226 valence electrons. The van der Waals surface area contributed by atoms with Crippen molar-refractivity contribution < 1.29 is 23.1 Å². The first kappa shape index (κ1) is 27.6. The molecule has 0 aliphatic carbocycles. The fourth-order valence-corrected chi connectivity index (χ4v) is 7.80. The van der Waals surface area contributed by atoms with Crippen molar-refractivity contribution in [2.45, 2.75) is 19.0 Å². The predicted octanol–water partition coefficient (Wildman–Crippen LogP) is 11.5. The Morgan fingerprint density at radius 2 is 0.872 bits per heavy atom. The molecule has 0 atom stereocenters. The van der Waals surface area contributed by atoms with Crippen molar-refractivity contribution in [3.8, 4) is 22.3 Å². The van der Waals surface area contributed by atoms with Crippen LogP contribution >= 0.6 is 0 Å². The van der Waals surface area contributed by atoms with Gasteiger partial charge in [0.15, 0.2) is 0 Å². The lowest BCUT2D eigenvalue weighted by Crippen LogP contribution is -2.13. The molecule has 9 aromatic carbocycles. The molecule has 1 N–H and O–H groups in total. The maximum atomic E-state index is 14.4. The largest absolute Gasteiger partial charge is 0.481 e. The summed E-state index contributed by atoms with van der Waals surface area (Å²) in [5.74, 6) is -1.05. The Bertz CT molecular complexity index is 2670. The smallest absolute Gasteiger partial charge is 0.393 e. The van der Waals surface area contributed by atoms with E-state index in [9.17, 15) is 23.1 Å². The molecule has 5 heteroatoms. The lowest BCUT2D eigenvalue weighted by Gasteiger charge is -2.21. The van der Waals surface area contributed by atoms with Gasteiger partial charge in [-0.2, -0.15) is 13.2 Å². The molecule has 0 spiro atoms. The van der Waals surface area contributed by atoms with Crippen LogP contribution in [0.3, 0.4) is 0 Å². The molecular formula is C42H25F3O2. The zero-order valence-corrected chi connectivity index (χ0v) is 25.0. The van der Waals surface area contributed by atoms with Gasteiger partial charge in [-0.3, -0.25) is 4.79 Å². The predicted molar refractivity (Wildman–Crippen MR) is 186 cm³/mol. The third-order valence-electron chi connectivity index (χ3n) is 9.70. The number of hydrogen-bond donors (Lipinski definition) is 1. The first-order valence-corrected chi connectivity index (χ1v) is 15.5. The van der Waals surface area contributed by atoms with Crippen LogP contribution in [0.1, 0.15) is 11.1 Å². The van der Waals surface area contributed by atoms with E-state index in [1.165, 1.54) is 0 Å². The number of halogens is 3. The summed E-state index contributed by atoms with van der Waals surface area (Å²) in [6.07, 6.45) is -5.95. The zero-order valence-electron chi connectivity index (χ0n) is 25.0. The van der Waals surface area contributed by atoms with E-state index in [2.05, 4.69) is 30.3 Å². The third-order valence-corrected chi connectivity index (χ3v) is 9.70. The topological polar surface area (TPSA) is 37.3 Å². The van der Waals surface area contributed by atoms with Crippen molar-refractivity contribution in [3.05, 3.63) is 132 Å². The molecule has 0 saturated carbocycles. The molecule has 0 saturated heterocycles. The second-order valence-corrected chi connectivity index (χ2v) is 12.5. The number of carboxylic acid groups (broad SMARTS) is 1. The molecule has 0 radical (unpaired) electrons. The SMILES string of the molecule is O=C(O)Cc1cc(-c2ccc3ccc4cccc5ccc2c3c45)c(CC(F)(F)F)cc1-c1ccc2ccc3cccc4ccc1c2c34. The van der Waals surface area contributed by atoms with Crippen molar-refractivity contribution in [1.82, 2.24) is 0 Å². The highest BCUT2D eigenvalue weighted by Crippen LogP contribution is 2.45. The standard InChI is InChI=1S/C42H25F3O2/c43-42(44,45)22-30-20-35(31-15-11-27-9-7-23-3-1-5-25-13-17-33(31)40(27)38(23)25)29(21-37(46)47)19-36(30)32-16-12-28-10-8-24-4-2-6-26-14-18-34(32)41(28)39(24)26/h1-20H,21-22H2,(H,46,47). The molecule has 9 rings (SSSR count). The molecule has 0 fully saturated rings. The summed E-state index contributed by atoms with van der Waals surface area (Å²) in [6, 6.07) is 39.4. The van der Waals surface area contributed by atoms with Gasteiger partial charge in [0.1, 0.15) is 0 Å². The van der Waals surface area contributed by atoms with Crippen LogP contribution in [0.4, 0.5) is 13.2 Å². The highest BCUT2D eigenvalue weighted by atomic mass is 19.4. The number of aliphatic carboxylic acids is 1. The van der Waals surface area contributed by atoms with Crippen LogP contribution < -0.4 is 0 Å². The highest BCUT2D eigenvalue weighted by molar-refractivity contribution is 6.27. The van der Waals surface area contributed by atoms with E-state index >= 15 is 0 Å². The van der Waals surface area contributed by atoms with Gasteiger partial charge < -0.3 is 5.11 Å². The van der Waals surface area contributed by atoms with Crippen LogP contribution in [-0.4, -0.2) is 17.3 Å². The van der Waals surface area contributed by atoms with Crippen LogP contribution in [0.2, 0.25) is 0 Å². The van der Waals surface area contributed by atoms with E-state index < -0.39 is 18.6 Å². The highest BCUT2D eigenvalue weighted by Gasteiger charge is 2.31. The van der Waals surface area contributed by atoms with Gasteiger partial charge >= 0.3 is 12.1 Å². The van der Waals surface area contributed by atoms with Crippen molar-refractivity contribution in [1.29, 1.82) is 0 Å². The molecule has 47 heavy (non-hydrogen) atoms. The van der Waals surface area contributed by atoms with Crippen molar-refractivity contribution in [3.63, 3.8) is 0 Å². The Hall–Kier alpha value is -5.68. The maximum Gasteiger partial charge on any atom is 0.393 e. The Kier molecular flexibility index (Phi) is 5.82. The number of carbonyl (C=O) groups is 1. The first-order chi connectivity index (χ1) is 22.7. The monoisotopic (exact) mass is 618 g/mol. The molecule has 0 amide bonds. The molecule has 2 nitrogen and oxygen atoms in total. The van der Waals surface area contributed by atoms with Crippen LogP contribution in [0.25, 0.3) is 86.9 Å². The van der Waals surface area contributed by atoms with Crippen LogP contribution in [-0.2, 0) is 17.6 Å². The van der Waals surface area contributed by atoms with E-state index in [1.54, 1.807) is 12.1 Å². The lowest BCUT2D eigenvalue weighted by atomic mass is 9.83. The number of carboxylic acids is 1. The summed E-state index contributed by atoms with van der Waals surface area (Å²) < 4.78 is 43.1. The van der Waals surface area contributed by atoms with Gasteiger partial charge in [-0.1, -0.05) is 109 Å². The van der Waals surface area contributed by atoms with Gasteiger partial charge in [0.25, 0.3) is 0 Å². The fraction of sp³-hybridized carbons (Fsp3) is 0.0714. The molecule has 0 heterocycles. The summed E-state index contributed by atoms with van der Waals surface area (Å²) in [6.45, 7) is 0. The van der Waals surface area contributed by atoms with E-state index in [-0.39, 0.29) is 12.0 Å². The summed E-state index contributed by atoms with van der Waals surface area (Å²) >= 11 is 0. The molecule has 0 aliphatic heterocycles. The van der Waals surface area contributed by atoms with Crippen molar-refractivity contribution in [2.75, 3.05) is 0 Å². The quantitative estimate of drug-likeness (QED) is 0.195. The first-order valence-electron chi connectivity index (χ1n) is 15.5. The number of alkyl halides is 3. The zero-order chi connectivity index (χ0) is 32.0. The molecule has 9 aromatic rings. The van der Waals surface area contributed by atoms with E-state index in [1.807, 2.05) is 78.9 Å². The number of hydrogen-bond acceptors (Lipinski definition) is 1. The van der Waals surface area contributed by atoms with E-state index in [0.717, 1.165) is 70.2 Å². The molecule has 0 aromatic heterocycles. The fourth-order valence-electron chi connectivity index (χ4n) is 7.80. The van der Waals surface area contributed by atoms with Gasteiger partial charge in [-0.05, 0) is 110 Å². The van der Waals surface area contributed by atoms with Crippen LogP contribution in [0, 0.1) is 0 Å². The molecule has 0 unspecified atom stereocenters. The minimum absolute atomic E-state index is 0.113. The molecule has 0 bridgehead atoms. The Labute approximate surface area is 267 Å². The lowest BCUT2D eigenvalue weighted by molar-refractivity contribution is -0.136. The summed E-state index contributed by atoms with van der Waals surface area (Å²) in [7, 11) is 0. The van der Waals surface area contributed by atoms with Crippen molar-refractivity contribution in [2.24, 2.45) is 0 Å². The van der Waals surface area contributed by atoms with E-state index in [0.29, 0.717) is 22.3 Å². The molecule has 0 aliphatic rings. The van der Waals surface area contributed by atoms with Gasteiger partial charge in [-0.25, -0.2) is 0 Å². The van der Waals surface area contributed by atoms with Gasteiger partial charge in [0, 0.05) is 0 Å². The maximum absolute atomic E-state index is 14.4. The minimum Gasteiger partial charge on any atom is -0.481 e. The average molecular weight is 619 g/mol. The summed E-state index contributed by atoms with van der Waals surface area (Å²) in [5, 5.41) is 22.2. The second kappa shape index (κ2) is 9.91. The average Bonchev–Trinajstić information content (AvgIpc) is 3.06. The Morgan fingerprint density at radius 3 is 1.32 bits per heavy atom. The Balaban J connectivity index is 1.36. The minimum atomic E-state index is -4.48. The van der Waals surface area contributed by atoms with E-state index in [4.69, 9.17) is 0 Å².